The maximum atomic E-state index is 12.6. The third kappa shape index (κ3) is 2.73. The van der Waals surface area contributed by atoms with Crippen molar-refractivity contribution in [2.24, 2.45) is 5.92 Å². The molecule has 2 nitrogen and oxygen atoms in total. The number of rotatable bonds is 3. The molecule has 0 bridgehead atoms. The van der Waals surface area contributed by atoms with E-state index in [0.717, 1.165) is 22.4 Å². The number of hydrogen-bond acceptors (Lipinski definition) is 1. The first-order valence-electron chi connectivity index (χ1n) is 7.22. The summed E-state index contributed by atoms with van der Waals surface area (Å²) in [6.07, 6.45) is 0. The normalized spacial score (nSPS) is 22.2. The van der Waals surface area contributed by atoms with E-state index in [2.05, 4.69) is 5.32 Å². The second-order valence-corrected chi connectivity index (χ2v) is 7.29. The molecule has 0 aromatic heterocycles. The zero-order valence-electron chi connectivity index (χ0n) is 12.4. The number of aryl methyl sites for hydroxylation is 2. The number of benzene rings is 2. The lowest BCUT2D eigenvalue weighted by Crippen LogP contribution is -2.17. The summed E-state index contributed by atoms with van der Waals surface area (Å²) >= 11 is 12.7. The van der Waals surface area contributed by atoms with Crippen molar-refractivity contribution >= 4 is 34.8 Å². The van der Waals surface area contributed by atoms with Crippen molar-refractivity contribution in [1.29, 1.82) is 0 Å². The molecule has 0 unspecified atom stereocenters. The van der Waals surface area contributed by atoms with E-state index in [1.807, 2.05) is 62.4 Å². The van der Waals surface area contributed by atoms with Crippen molar-refractivity contribution in [3.05, 3.63) is 65.2 Å². The van der Waals surface area contributed by atoms with Gasteiger partial charge in [-0.1, -0.05) is 42.5 Å². The molecular formula is C18H17Cl2NO. The Morgan fingerprint density at radius 2 is 1.77 bits per heavy atom. The number of carbonyl (C=O) groups excluding carboxylic acids is 1. The van der Waals surface area contributed by atoms with Gasteiger partial charge in [0, 0.05) is 11.6 Å². The number of alkyl halides is 2. The molecule has 3 rings (SSSR count). The first-order valence-corrected chi connectivity index (χ1v) is 7.97. The molecule has 1 aliphatic carbocycles. The van der Waals surface area contributed by atoms with Crippen molar-refractivity contribution in [3.63, 3.8) is 0 Å². The Morgan fingerprint density at radius 3 is 2.45 bits per heavy atom. The SMILES string of the molecule is Cc1ccc(C)c(NC(=O)[C@@H]2[C@@H](c3ccccc3)C2(Cl)Cl)c1. The standard InChI is InChI=1S/C18H17Cl2NO/c1-11-8-9-12(2)14(10-11)21-17(22)16-15(18(16,19)20)13-6-4-3-5-7-13/h3-10,15-16H,1-2H3,(H,21,22)/t15-,16+/m1/s1. The van der Waals surface area contributed by atoms with E-state index in [1.165, 1.54) is 0 Å². The van der Waals surface area contributed by atoms with Crippen LogP contribution in [0.1, 0.15) is 22.6 Å². The highest BCUT2D eigenvalue weighted by atomic mass is 35.5. The van der Waals surface area contributed by atoms with E-state index in [1.54, 1.807) is 0 Å². The first-order chi connectivity index (χ1) is 10.4. The van der Waals surface area contributed by atoms with Crippen LogP contribution in [0.4, 0.5) is 5.69 Å². The third-order valence-corrected chi connectivity index (χ3v) is 5.09. The molecule has 2 aromatic carbocycles. The zero-order chi connectivity index (χ0) is 15.9. The highest BCUT2D eigenvalue weighted by Gasteiger charge is 2.67. The highest BCUT2D eigenvalue weighted by molar-refractivity contribution is 6.53. The Kier molecular flexibility index (Phi) is 3.92. The maximum absolute atomic E-state index is 12.6. The summed E-state index contributed by atoms with van der Waals surface area (Å²) in [4.78, 5) is 12.6. The molecule has 0 heterocycles. The minimum absolute atomic E-state index is 0.132. The lowest BCUT2D eigenvalue weighted by Gasteiger charge is -2.09. The van der Waals surface area contributed by atoms with Gasteiger partial charge in [-0.2, -0.15) is 0 Å². The quantitative estimate of drug-likeness (QED) is 0.801. The van der Waals surface area contributed by atoms with Crippen LogP contribution in [0.25, 0.3) is 0 Å². The molecule has 1 N–H and O–H groups in total. The summed E-state index contributed by atoms with van der Waals surface area (Å²) in [5.74, 6) is -0.729. The summed E-state index contributed by atoms with van der Waals surface area (Å²) in [6.45, 7) is 3.96. The van der Waals surface area contributed by atoms with E-state index < -0.39 is 10.3 Å². The summed E-state index contributed by atoms with van der Waals surface area (Å²) in [6, 6.07) is 15.7. The van der Waals surface area contributed by atoms with Crippen LogP contribution in [0.3, 0.4) is 0 Å². The first kappa shape index (κ1) is 15.4. The smallest absolute Gasteiger partial charge is 0.231 e. The van der Waals surface area contributed by atoms with Crippen LogP contribution < -0.4 is 5.32 Å². The predicted octanol–water partition coefficient (Wildman–Crippen LogP) is 4.83. The number of nitrogens with one attached hydrogen (secondary N) is 1. The zero-order valence-corrected chi connectivity index (χ0v) is 13.9. The lowest BCUT2D eigenvalue weighted by molar-refractivity contribution is -0.117. The average molecular weight is 334 g/mol. The van der Waals surface area contributed by atoms with Crippen molar-refractivity contribution in [3.8, 4) is 0 Å². The monoisotopic (exact) mass is 333 g/mol. The molecule has 0 spiro atoms. The minimum Gasteiger partial charge on any atom is -0.325 e. The third-order valence-electron chi connectivity index (χ3n) is 4.15. The fourth-order valence-corrected chi connectivity index (χ4v) is 3.64. The van der Waals surface area contributed by atoms with Gasteiger partial charge in [0.05, 0.1) is 5.92 Å². The van der Waals surface area contributed by atoms with Crippen molar-refractivity contribution in [2.75, 3.05) is 5.32 Å². The molecule has 2 atom stereocenters. The van der Waals surface area contributed by atoms with E-state index in [4.69, 9.17) is 23.2 Å². The van der Waals surface area contributed by atoms with E-state index >= 15 is 0 Å². The summed E-state index contributed by atoms with van der Waals surface area (Å²) in [5.41, 5.74) is 3.92. The van der Waals surface area contributed by atoms with Gasteiger partial charge in [-0.15, -0.1) is 23.2 Å². The maximum Gasteiger partial charge on any atom is 0.231 e. The number of halogens is 2. The van der Waals surface area contributed by atoms with Crippen LogP contribution >= 0.6 is 23.2 Å². The van der Waals surface area contributed by atoms with Gasteiger partial charge in [0.1, 0.15) is 4.33 Å². The fraction of sp³-hybridized carbons (Fsp3) is 0.278. The van der Waals surface area contributed by atoms with E-state index in [-0.39, 0.29) is 11.8 Å². The lowest BCUT2D eigenvalue weighted by atomic mass is 10.1. The molecule has 2 aromatic rings. The average Bonchev–Trinajstić information content (AvgIpc) is 3.06. The van der Waals surface area contributed by atoms with Crippen LogP contribution in [0.2, 0.25) is 0 Å². The van der Waals surface area contributed by atoms with E-state index in [0.29, 0.717) is 0 Å². The van der Waals surface area contributed by atoms with Gasteiger partial charge in [-0.05, 0) is 36.6 Å². The predicted molar refractivity (Wildman–Crippen MR) is 91.7 cm³/mol. The van der Waals surface area contributed by atoms with Gasteiger partial charge in [-0.3, -0.25) is 4.79 Å². The number of amides is 1. The second-order valence-electron chi connectivity index (χ2n) is 5.85. The van der Waals surface area contributed by atoms with Crippen LogP contribution in [-0.4, -0.2) is 10.2 Å². The van der Waals surface area contributed by atoms with Gasteiger partial charge < -0.3 is 5.32 Å². The molecule has 0 aliphatic heterocycles. The molecule has 1 fully saturated rings. The summed E-state index contributed by atoms with van der Waals surface area (Å²) in [5, 5.41) is 2.96. The Hall–Kier alpha value is -1.51. The molecule has 1 aliphatic rings. The fourth-order valence-electron chi connectivity index (χ4n) is 2.81. The van der Waals surface area contributed by atoms with Crippen LogP contribution in [0, 0.1) is 19.8 Å². The summed E-state index contributed by atoms with van der Waals surface area (Å²) < 4.78 is -1.04. The number of carbonyl (C=O) groups is 1. The minimum atomic E-state index is -1.04. The molecule has 0 saturated heterocycles. The molecule has 22 heavy (non-hydrogen) atoms. The van der Waals surface area contributed by atoms with Gasteiger partial charge in [-0.25, -0.2) is 0 Å². The second kappa shape index (κ2) is 5.60. The molecule has 114 valence electrons. The van der Waals surface area contributed by atoms with Crippen molar-refractivity contribution in [2.45, 2.75) is 24.1 Å². The Labute approximate surface area is 140 Å². The van der Waals surface area contributed by atoms with Crippen molar-refractivity contribution < 1.29 is 4.79 Å². The van der Waals surface area contributed by atoms with Crippen LogP contribution in [0.15, 0.2) is 48.5 Å². The van der Waals surface area contributed by atoms with Gasteiger partial charge in [0.15, 0.2) is 0 Å². The Bertz CT molecular complexity index is 712. The Morgan fingerprint density at radius 1 is 1.09 bits per heavy atom. The highest BCUT2D eigenvalue weighted by Crippen LogP contribution is 2.65. The van der Waals surface area contributed by atoms with E-state index in [9.17, 15) is 4.79 Å². The van der Waals surface area contributed by atoms with Crippen LogP contribution in [0.5, 0.6) is 0 Å². The van der Waals surface area contributed by atoms with Gasteiger partial charge >= 0.3 is 0 Å². The van der Waals surface area contributed by atoms with Gasteiger partial charge in [0.2, 0.25) is 5.91 Å². The molecule has 4 heteroatoms. The molecule has 0 radical (unpaired) electrons. The molecule has 1 saturated carbocycles. The summed E-state index contributed by atoms with van der Waals surface area (Å²) in [7, 11) is 0. The number of hydrogen-bond donors (Lipinski definition) is 1. The topological polar surface area (TPSA) is 29.1 Å². The van der Waals surface area contributed by atoms with Crippen LogP contribution in [-0.2, 0) is 4.79 Å². The molecular weight excluding hydrogens is 317 g/mol. The number of anilines is 1. The largest absolute Gasteiger partial charge is 0.325 e. The molecule has 1 amide bonds. The van der Waals surface area contributed by atoms with Gasteiger partial charge in [0.25, 0.3) is 0 Å². The van der Waals surface area contributed by atoms with Crippen molar-refractivity contribution in [1.82, 2.24) is 0 Å². The Balaban J connectivity index is 1.80.